The van der Waals surface area contributed by atoms with Gasteiger partial charge in [-0.3, -0.25) is 4.68 Å². The third kappa shape index (κ3) is 2.98. The van der Waals surface area contributed by atoms with Crippen LogP contribution in [0.5, 0.6) is 0 Å². The molecule has 0 saturated carbocycles. The van der Waals surface area contributed by atoms with E-state index in [1.807, 2.05) is 10.9 Å². The maximum Gasteiger partial charge on any atom is 0.0542 e. The van der Waals surface area contributed by atoms with E-state index in [2.05, 4.69) is 63.4 Å². The van der Waals surface area contributed by atoms with Gasteiger partial charge in [-0.2, -0.15) is 5.10 Å². The molecule has 1 aromatic heterocycles. The fourth-order valence-electron chi connectivity index (χ4n) is 2.48. The Morgan fingerprint density at radius 1 is 1.21 bits per heavy atom. The quantitative estimate of drug-likeness (QED) is 0.897. The lowest BCUT2D eigenvalue weighted by atomic mass is 10.0. The molecular formula is C16H23N3. The van der Waals surface area contributed by atoms with Crippen molar-refractivity contribution in [3.05, 3.63) is 46.8 Å². The number of nitrogens with one attached hydrogen (secondary N) is 1. The Balaban J connectivity index is 2.21. The Hall–Kier alpha value is -1.77. The molecule has 0 aliphatic rings. The summed E-state index contributed by atoms with van der Waals surface area (Å²) in [5.74, 6) is 0. The van der Waals surface area contributed by atoms with Gasteiger partial charge in [-0.15, -0.1) is 0 Å². The summed E-state index contributed by atoms with van der Waals surface area (Å²) in [7, 11) is 0. The van der Waals surface area contributed by atoms with E-state index in [9.17, 15) is 0 Å². The minimum absolute atomic E-state index is 0.264. The molecule has 3 heteroatoms. The summed E-state index contributed by atoms with van der Waals surface area (Å²) in [5.41, 5.74) is 6.37. The Kier molecular flexibility index (Phi) is 3.93. The predicted octanol–water partition coefficient (Wildman–Crippen LogP) is 4.00. The highest BCUT2D eigenvalue weighted by Crippen LogP contribution is 2.26. The average molecular weight is 257 g/mol. The standard InChI is InChI=1S/C16H23N3/c1-6-19-10-15(9-17-19)14(5)18-16-12(3)7-11(2)8-13(16)4/h7-10,14,18H,6H2,1-5H3. The van der Waals surface area contributed by atoms with Gasteiger partial charge < -0.3 is 5.32 Å². The highest BCUT2D eigenvalue weighted by Gasteiger charge is 2.11. The molecule has 0 bridgehead atoms. The summed E-state index contributed by atoms with van der Waals surface area (Å²) in [6, 6.07) is 4.70. The first-order valence-electron chi connectivity index (χ1n) is 6.88. The zero-order valence-electron chi connectivity index (χ0n) is 12.5. The van der Waals surface area contributed by atoms with E-state index in [0.29, 0.717) is 0 Å². The number of benzene rings is 1. The average Bonchev–Trinajstić information content (AvgIpc) is 2.82. The van der Waals surface area contributed by atoms with Gasteiger partial charge in [-0.25, -0.2) is 0 Å². The fraction of sp³-hybridized carbons (Fsp3) is 0.438. The number of hydrogen-bond acceptors (Lipinski definition) is 2. The summed E-state index contributed by atoms with van der Waals surface area (Å²) < 4.78 is 1.96. The van der Waals surface area contributed by atoms with Crippen LogP contribution in [0, 0.1) is 20.8 Å². The molecule has 19 heavy (non-hydrogen) atoms. The second-order valence-electron chi connectivity index (χ2n) is 5.27. The molecule has 1 N–H and O–H groups in total. The summed E-state index contributed by atoms with van der Waals surface area (Å²) in [6.07, 6.45) is 4.05. The van der Waals surface area contributed by atoms with Crippen LogP contribution in [0.15, 0.2) is 24.5 Å². The molecule has 2 aromatic rings. The fourth-order valence-corrected chi connectivity index (χ4v) is 2.48. The first-order chi connectivity index (χ1) is 9.01. The largest absolute Gasteiger partial charge is 0.378 e. The van der Waals surface area contributed by atoms with Crippen LogP contribution in [0.25, 0.3) is 0 Å². The van der Waals surface area contributed by atoms with E-state index in [4.69, 9.17) is 0 Å². The van der Waals surface area contributed by atoms with E-state index >= 15 is 0 Å². The van der Waals surface area contributed by atoms with Crippen molar-refractivity contribution >= 4 is 5.69 Å². The lowest BCUT2D eigenvalue weighted by Gasteiger charge is -2.18. The molecule has 1 atom stereocenters. The summed E-state index contributed by atoms with van der Waals surface area (Å²) in [6.45, 7) is 11.6. The lowest BCUT2D eigenvalue weighted by molar-refractivity contribution is 0.658. The third-order valence-electron chi connectivity index (χ3n) is 3.52. The van der Waals surface area contributed by atoms with Crippen molar-refractivity contribution < 1.29 is 0 Å². The van der Waals surface area contributed by atoms with Crippen LogP contribution < -0.4 is 5.32 Å². The number of rotatable bonds is 4. The minimum atomic E-state index is 0.264. The van der Waals surface area contributed by atoms with Crippen LogP contribution in [0.4, 0.5) is 5.69 Å². The van der Waals surface area contributed by atoms with Gasteiger partial charge in [0.1, 0.15) is 0 Å². The van der Waals surface area contributed by atoms with Crippen LogP contribution >= 0.6 is 0 Å². The zero-order valence-corrected chi connectivity index (χ0v) is 12.5. The van der Waals surface area contributed by atoms with E-state index < -0.39 is 0 Å². The molecule has 3 nitrogen and oxygen atoms in total. The molecule has 0 aliphatic carbocycles. The Morgan fingerprint density at radius 2 is 1.84 bits per heavy atom. The molecule has 0 amide bonds. The van der Waals surface area contributed by atoms with Gasteiger partial charge in [-0.1, -0.05) is 17.7 Å². The van der Waals surface area contributed by atoms with Crippen LogP contribution in [-0.4, -0.2) is 9.78 Å². The Morgan fingerprint density at radius 3 is 2.37 bits per heavy atom. The second-order valence-corrected chi connectivity index (χ2v) is 5.27. The van der Waals surface area contributed by atoms with Crippen molar-refractivity contribution in [3.8, 4) is 0 Å². The molecule has 0 radical (unpaired) electrons. The van der Waals surface area contributed by atoms with Crippen molar-refractivity contribution in [3.63, 3.8) is 0 Å². The number of aryl methyl sites for hydroxylation is 4. The molecule has 1 heterocycles. The minimum Gasteiger partial charge on any atom is -0.378 e. The molecule has 0 aliphatic heterocycles. The van der Waals surface area contributed by atoms with Gasteiger partial charge in [0.2, 0.25) is 0 Å². The van der Waals surface area contributed by atoms with Crippen molar-refractivity contribution in [1.82, 2.24) is 9.78 Å². The Labute approximate surface area is 115 Å². The highest BCUT2D eigenvalue weighted by molar-refractivity contribution is 5.59. The van der Waals surface area contributed by atoms with Crippen molar-refractivity contribution in [2.75, 3.05) is 5.32 Å². The molecule has 0 spiro atoms. The summed E-state index contributed by atoms with van der Waals surface area (Å²) >= 11 is 0. The van der Waals surface area contributed by atoms with Crippen LogP contribution in [0.1, 0.15) is 42.1 Å². The monoisotopic (exact) mass is 257 g/mol. The number of anilines is 1. The molecular weight excluding hydrogens is 234 g/mol. The molecule has 0 fully saturated rings. The molecule has 1 unspecified atom stereocenters. The van der Waals surface area contributed by atoms with Gasteiger partial charge in [-0.05, 0) is 45.7 Å². The van der Waals surface area contributed by atoms with E-state index in [0.717, 1.165) is 6.54 Å². The third-order valence-corrected chi connectivity index (χ3v) is 3.52. The first kappa shape index (κ1) is 13.7. The first-order valence-corrected chi connectivity index (χ1v) is 6.88. The molecule has 1 aromatic carbocycles. The van der Waals surface area contributed by atoms with E-state index in [1.165, 1.54) is 27.9 Å². The molecule has 102 valence electrons. The summed E-state index contributed by atoms with van der Waals surface area (Å²) in [4.78, 5) is 0. The topological polar surface area (TPSA) is 29.9 Å². The van der Waals surface area contributed by atoms with Gasteiger partial charge in [0, 0.05) is 24.0 Å². The van der Waals surface area contributed by atoms with Gasteiger partial charge >= 0.3 is 0 Å². The van der Waals surface area contributed by atoms with E-state index in [1.54, 1.807) is 0 Å². The maximum absolute atomic E-state index is 4.33. The van der Waals surface area contributed by atoms with Crippen molar-refractivity contribution in [2.24, 2.45) is 0 Å². The normalized spacial score (nSPS) is 12.5. The van der Waals surface area contributed by atoms with Crippen molar-refractivity contribution in [2.45, 2.75) is 47.2 Å². The molecule has 0 saturated heterocycles. The molecule has 2 rings (SSSR count). The van der Waals surface area contributed by atoms with Gasteiger partial charge in [0.05, 0.1) is 12.2 Å². The Bertz CT molecular complexity index is 546. The van der Waals surface area contributed by atoms with Gasteiger partial charge in [0.15, 0.2) is 0 Å². The maximum atomic E-state index is 4.33. The lowest BCUT2D eigenvalue weighted by Crippen LogP contribution is -2.08. The smallest absolute Gasteiger partial charge is 0.0542 e. The van der Waals surface area contributed by atoms with Crippen LogP contribution in [0.2, 0.25) is 0 Å². The number of nitrogens with zero attached hydrogens (tertiary/aromatic N) is 2. The number of hydrogen-bond donors (Lipinski definition) is 1. The summed E-state index contributed by atoms with van der Waals surface area (Å²) in [5, 5.41) is 7.94. The van der Waals surface area contributed by atoms with E-state index in [-0.39, 0.29) is 6.04 Å². The van der Waals surface area contributed by atoms with Gasteiger partial charge in [0.25, 0.3) is 0 Å². The van der Waals surface area contributed by atoms with Crippen LogP contribution in [0.3, 0.4) is 0 Å². The zero-order chi connectivity index (χ0) is 14.0. The van der Waals surface area contributed by atoms with Crippen molar-refractivity contribution in [1.29, 1.82) is 0 Å². The highest BCUT2D eigenvalue weighted by atomic mass is 15.3. The number of aromatic nitrogens is 2. The van der Waals surface area contributed by atoms with Crippen LogP contribution in [-0.2, 0) is 6.54 Å². The second kappa shape index (κ2) is 5.47. The SMILES string of the molecule is CCn1cc(C(C)Nc2c(C)cc(C)cc2C)cn1. The predicted molar refractivity (Wildman–Crippen MR) is 80.6 cm³/mol.